The summed E-state index contributed by atoms with van der Waals surface area (Å²) in [6.07, 6.45) is 1.96. The fourth-order valence-electron chi connectivity index (χ4n) is 1.80. The Labute approximate surface area is 95.8 Å². The summed E-state index contributed by atoms with van der Waals surface area (Å²) in [6.45, 7) is 2.49. The van der Waals surface area contributed by atoms with E-state index in [9.17, 15) is 4.79 Å². The molecule has 2 atom stereocenters. The molecule has 1 N–H and O–H groups in total. The van der Waals surface area contributed by atoms with Crippen LogP contribution in [-0.2, 0) is 11.3 Å². The fraction of sp³-hybridized carbons (Fsp3) is 0.462. The third-order valence-electron chi connectivity index (χ3n) is 3.14. The average Bonchev–Trinajstić information content (AvgIpc) is 2.33. The highest BCUT2D eigenvalue weighted by Crippen LogP contribution is 2.26. The zero-order chi connectivity index (χ0) is 11.4. The van der Waals surface area contributed by atoms with Crippen LogP contribution >= 0.6 is 0 Å². The summed E-state index contributed by atoms with van der Waals surface area (Å²) in [4.78, 5) is 11.4. The quantitative estimate of drug-likeness (QED) is 0.848. The van der Waals surface area contributed by atoms with Crippen LogP contribution in [0.15, 0.2) is 30.3 Å². The van der Waals surface area contributed by atoms with E-state index in [1.165, 1.54) is 6.42 Å². The second kappa shape index (κ2) is 5.01. The SMILES string of the molecule is CC1CCC1NC(=O)OCc1ccccc1. The molecule has 1 saturated carbocycles. The second-order valence-corrected chi connectivity index (χ2v) is 4.37. The number of nitrogens with one attached hydrogen (secondary N) is 1. The molecular formula is C13H17NO2. The highest BCUT2D eigenvalue weighted by molar-refractivity contribution is 5.67. The van der Waals surface area contributed by atoms with Gasteiger partial charge in [-0.3, -0.25) is 0 Å². The fourth-order valence-corrected chi connectivity index (χ4v) is 1.80. The van der Waals surface area contributed by atoms with E-state index in [1.807, 2.05) is 30.3 Å². The molecule has 0 spiro atoms. The molecule has 0 bridgehead atoms. The molecule has 2 unspecified atom stereocenters. The maximum Gasteiger partial charge on any atom is 0.407 e. The Bertz CT molecular complexity index is 350. The van der Waals surface area contributed by atoms with Crippen molar-refractivity contribution in [3.63, 3.8) is 0 Å². The summed E-state index contributed by atoms with van der Waals surface area (Å²) in [7, 11) is 0. The van der Waals surface area contributed by atoms with Gasteiger partial charge in [0.05, 0.1) is 0 Å². The third kappa shape index (κ3) is 2.75. The molecule has 0 aromatic heterocycles. The van der Waals surface area contributed by atoms with Gasteiger partial charge < -0.3 is 10.1 Å². The van der Waals surface area contributed by atoms with E-state index in [0.29, 0.717) is 18.6 Å². The van der Waals surface area contributed by atoms with Crippen LogP contribution in [0.3, 0.4) is 0 Å². The molecule has 3 nitrogen and oxygen atoms in total. The van der Waals surface area contributed by atoms with Crippen LogP contribution < -0.4 is 5.32 Å². The van der Waals surface area contributed by atoms with Crippen LogP contribution in [0.2, 0.25) is 0 Å². The lowest BCUT2D eigenvalue weighted by Gasteiger charge is -2.33. The van der Waals surface area contributed by atoms with Gasteiger partial charge in [-0.1, -0.05) is 37.3 Å². The molecule has 86 valence electrons. The van der Waals surface area contributed by atoms with Gasteiger partial charge >= 0.3 is 6.09 Å². The predicted molar refractivity (Wildman–Crippen MR) is 61.9 cm³/mol. The van der Waals surface area contributed by atoms with Crippen molar-refractivity contribution in [1.29, 1.82) is 0 Å². The van der Waals surface area contributed by atoms with E-state index in [2.05, 4.69) is 12.2 Å². The molecule has 1 aromatic rings. The van der Waals surface area contributed by atoms with Crippen LogP contribution in [0.1, 0.15) is 25.3 Å². The molecule has 3 heteroatoms. The van der Waals surface area contributed by atoms with E-state index in [4.69, 9.17) is 4.74 Å². The molecule has 0 radical (unpaired) electrons. The first kappa shape index (κ1) is 11.0. The second-order valence-electron chi connectivity index (χ2n) is 4.37. The molecule has 1 aliphatic carbocycles. The van der Waals surface area contributed by atoms with Crippen molar-refractivity contribution in [2.45, 2.75) is 32.4 Å². The first-order valence-electron chi connectivity index (χ1n) is 5.73. The number of benzene rings is 1. The summed E-state index contributed by atoms with van der Waals surface area (Å²) in [5.41, 5.74) is 1.01. The summed E-state index contributed by atoms with van der Waals surface area (Å²) in [5, 5.41) is 2.88. The van der Waals surface area contributed by atoms with Gasteiger partial charge in [0.1, 0.15) is 6.61 Å². The van der Waals surface area contributed by atoms with Gasteiger partial charge in [-0.25, -0.2) is 4.79 Å². The van der Waals surface area contributed by atoms with E-state index in [0.717, 1.165) is 12.0 Å². The van der Waals surface area contributed by atoms with E-state index in [-0.39, 0.29) is 6.09 Å². The van der Waals surface area contributed by atoms with Crippen molar-refractivity contribution in [3.8, 4) is 0 Å². The van der Waals surface area contributed by atoms with Gasteiger partial charge in [0.25, 0.3) is 0 Å². The zero-order valence-corrected chi connectivity index (χ0v) is 9.48. The average molecular weight is 219 g/mol. The zero-order valence-electron chi connectivity index (χ0n) is 9.48. The van der Waals surface area contributed by atoms with Crippen molar-refractivity contribution in [2.24, 2.45) is 5.92 Å². The van der Waals surface area contributed by atoms with Gasteiger partial charge in [0, 0.05) is 6.04 Å². The van der Waals surface area contributed by atoms with Crippen molar-refractivity contribution in [2.75, 3.05) is 0 Å². The number of ether oxygens (including phenoxy) is 1. The Morgan fingerprint density at radius 3 is 2.69 bits per heavy atom. The summed E-state index contributed by atoms with van der Waals surface area (Å²) in [6, 6.07) is 10.0. The smallest absolute Gasteiger partial charge is 0.407 e. The van der Waals surface area contributed by atoms with Crippen LogP contribution in [-0.4, -0.2) is 12.1 Å². The summed E-state index contributed by atoms with van der Waals surface area (Å²) >= 11 is 0. The minimum Gasteiger partial charge on any atom is -0.445 e. The highest BCUT2D eigenvalue weighted by Gasteiger charge is 2.28. The molecule has 1 aliphatic rings. The molecule has 1 amide bonds. The number of rotatable bonds is 3. The standard InChI is InChI=1S/C13H17NO2/c1-10-7-8-12(10)14-13(15)16-9-11-5-3-2-4-6-11/h2-6,10,12H,7-9H2,1H3,(H,14,15). The van der Waals surface area contributed by atoms with Gasteiger partial charge in [0.2, 0.25) is 0 Å². The van der Waals surface area contributed by atoms with Crippen molar-refractivity contribution < 1.29 is 9.53 Å². The van der Waals surface area contributed by atoms with Gasteiger partial charge in [0.15, 0.2) is 0 Å². The minimum atomic E-state index is -0.305. The number of amides is 1. The lowest BCUT2D eigenvalue weighted by molar-refractivity contribution is 0.121. The lowest BCUT2D eigenvalue weighted by Crippen LogP contribution is -2.45. The first-order valence-corrected chi connectivity index (χ1v) is 5.73. The molecule has 1 fully saturated rings. The molecule has 16 heavy (non-hydrogen) atoms. The Hall–Kier alpha value is -1.51. The first-order chi connectivity index (χ1) is 7.75. The molecule has 0 saturated heterocycles. The van der Waals surface area contributed by atoms with Gasteiger partial charge in [-0.05, 0) is 24.3 Å². The topological polar surface area (TPSA) is 38.3 Å². The molecule has 0 aliphatic heterocycles. The van der Waals surface area contributed by atoms with Crippen molar-refractivity contribution in [3.05, 3.63) is 35.9 Å². The predicted octanol–water partition coefficient (Wildman–Crippen LogP) is 2.71. The van der Waals surface area contributed by atoms with Crippen LogP contribution in [0, 0.1) is 5.92 Å². The molecule has 2 rings (SSSR count). The maximum absolute atomic E-state index is 11.4. The lowest BCUT2D eigenvalue weighted by atomic mass is 9.81. The van der Waals surface area contributed by atoms with Gasteiger partial charge in [-0.15, -0.1) is 0 Å². The maximum atomic E-state index is 11.4. The number of carbonyl (C=O) groups excluding carboxylic acids is 1. The summed E-state index contributed by atoms with van der Waals surface area (Å²) < 4.78 is 5.13. The summed E-state index contributed by atoms with van der Waals surface area (Å²) in [5.74, 6) is 0.587. The Kier molecular flexibility index (Phi) is 3.44. The third-order valence-corrected chi connectivity index (χ3v) is 3.14. The highest BCUT2D eigenvalue weighted by atomic mass is 16.5. The number of hydrogen-bond acceptors (Lipinski definition) is 2. The largest absolute Gasteiger partial charge is 0.445 e. The Morgan fingerprint density at radius 1 is 1.38 bits per heavy atom. The van der Waals surface area contributed by atoms with E-state index >= 15 is 0 Å². The van der Waals surface area contributed by atoms with Gasteiger partial charge in [-0.2, -0.15) is 0 Å². The number of alkyl carbamates (subject to hydrolysis) is 1. The number of carbonyl (C=O) groups is 1. The Balaban J connectivity index is 1.72. The minimum absolute atomic E-state index is 0.305. The molecule has 0 heterocycles. The number of hydrogen-bond donors (Lipinski definition) is 1. The van der Waals surface area contributed by atoms with Crippen LogP contribution in [0.4, 0.5) is 4.79 Å². The normalized spacial score (nSPS) is 23.3. The van der Waals surface area contributed by atoms with E-state index in [1.54, 1.807) is 0 Å². The van der Waals surface area contributed by atoms with Crippen LogP contribution in [0.5, 0.6) is 0 Å². The monoisotopic (exact) mass is 219 g/mol. The molecular weight excluding hydrogens is 202 g/mol. The van der Waals surface area contributed by atoms with Crippen molar-refractivity contribution in [1.82, 2.24) is 5.32 Å². The van der Waals surface area contributed by atoms with Crippen molar-refractivity contribution >= 4 is 6.09 Å². The van der Waals surface area contributed by atoms with Crippen LogP contribution in [0.25, 0.3) is 0 Å². The van der Waals surface area contributed by atoms with E-state index < -0.39 is 0 Å². The molecule has 1 aromatic carbocycles. The Morgan fingerprint density at radius 2 is 2.12 bits per heavy atom.